The molecule has 1 aliphatic carbocycles. The number of amides is 1. The molecule has 0 radical (unpaired) electrons. The van der Waals surface area contributed by atoms with Gasteiger partial charge in [0.2, 0.25) is 5.91 Å². The monoisotopic (exact) mass is 370 g/mol. The Kier molecular flexibility index (Phi) is 4.86. The van der Waals surface area contributed by atoms with Crippen molar-refractivity contribution in [1.29, 1.82) is 0 Å². The van der Waals surface area contributed by atoms with Crippen molar-refractivity contribution in [2.45, 2.75) is 38.0 Å². The quantitative estimate of drug-likeness (QED) is 0.874. The van der Waals surface area contributed by atoms with E-state index in [9.17, 15) is 9.59 Å². The number of carbonyl (C=O) groups excluding carboxylic acids is 1. The van der Waals surface area contributed by atoms with Crippen LogP contribution in [0.25, 0.3) is 5.69 Å². The van der Waals surface area contributed by atoms with E-state index >= 15 is 0 Å². The molecule has 4 rings (SSSR count). The summed E-state index contributed by atoms with van der Waals surface area (Å²) in [5, 5.41) is 6.89. The van der Waals surface area contributed by atoms with E-state index in [-0.39, 0.29) is 22.9 Å². The lowest BCUT2D eigenvalue weighted by Crippen LogP contribution is -2.52. The van der Waals surface area contributed by atoms with Crippen LogP contribution in [0.4, 0.5) is 0 Å². The van der Waals surface area contributed by atoms with Gasteiger partial charge < -0.3 is 9.64 Å². The number of ether oxygens (including phenoxy) is 1. The fraction of sp³-hybridized carbons (Fsp3) is 0.550. The second kappa shape index (κ2) is 7.31. The van der Waals surface area contributed by atoms with E-state index in [1.165, 1.54) is 0 Å². The van der Waals surface area contributed by atoms with Crippen molar-refractivity contribution in [1.82, 2.24) is 19.7 Å². The molecule has 2 aliphatic rings. The molecule has 7 heteroatoms. The van der Waals surface area contributed by atoms with Crippen LogP contribution in [0.3, 0.4) is 0 Å². The van der Waals surface area contributed by atoms with E-state index in [1.54, 1.807) is 11.7 Å². The van der Waals surface area contributed by atoms with Crippen molar-refractivity contribution in [2.75, 3.05) is 26.8 Å². The van der Waals surface area contributed by atoms with Crippen molar-refractivity contribution in [3.63, 3.8) is 0 Å². The molecule has 2 fully saturated rings. The summed E-state index contributed by atoms with van der Waals surface area (Å²) in [4.78, 5) is 27.5. The molecule has 1 amide bonds. The topological polar surface area (TPSA) is 80.2 Å². The van der Waals surface area contributed by atoms with Gasteiger partial charge in [-0.1, -0.05) is 24.6 Å². The summed E-state index contributed by atoms with van der Waals surface area (Å²) in [6, 6.07) is 9.52. The third-order valence-electron chi connectivity index (χ3n) is 5.97. The van der Waals surface area contributed by atoms with E-state index in [1.807, 2.05) is 35.2 Å². The van der Waals surface area contributed by atoms with Gasteiger partial charge in [-0.3, -0.25) is 4.79 Å². The summed E-state index contributed by atoms with van der Waals surface area (Å²) in [7, 11) is 1.66. The average Bonchev–Trinajstić information content (AvgIpc) is 3.06. The number of carbonyl (C=O) groups is 1. The highest BCUT2D eigenvalue weighted by Crippen LogP contribution is 2.43. The number of hydrogen-bond acceptors (Lipinski definition) is 4. The zero-order chi connectivity index (χ0) is 18.9. The maximum atomic E-state index is 13.2. The van der Waals surface area contributed by atoms with Gasteiger partial charge in [-0.05, 0) is 37.8 Å². The van der Waals surface area contributed by atoms with Gasteiger partial charge in [-0.15, -0.1) is 0 Å². The van der Waals surface area contributed by atoms with Gasteiger partial charge in [0.15, 0.2) is 0 Å². The number of benzene rings is 1. The SMILES string of the molecule is COCC1(C(=O)N2CCCC(c3n[nH]c(=O)n3-c3ccccc3)C2)CCC1. The van der Waals surface area contributed by atoms with E-state index in [0.717, 1.165) is 44.3 Å². The molecule has 2 heterocycles. The number of piperidine rings is 1. The van der Waals surface area contributed by atoms with Gasteiger partial charge in [0.25, 0.3) is 0 Å². The van der Waals surface area contributed by atoms with Crippen LogP contribution in [0.2, 0.25) is 0 Å². The molecule has 1 N–H and O–H groups in total. The van der Waals surface area contributed by atoms with E-state index < -0.39 is 0 Å². The maximum Gasteiger partial charge on any atom is 0.347 e. The van der Waals surface area contributed by atoms with Gasteiger partial charge in [0, 0.05) is 26.1 Å². The number of nitrogens with one attached hydrogen (secondary N) is 1. The van der Waals surface area contributed by atoms with Crippen molar-refractivity contribution in [2.24, 2.45) is 5.41 Å². The molecule has 0 spiro atoms. The molecule has 27 heavy (non-hydrogen) atoms. The summed E-state index contributed by atoms with van der Waals surface area (Å²) in [6.07, 6.45) is 4.71. The molecule has 1 aromatic heterocycles. The first-order chi connectivity index (χ1) is 13.1. The van der Waals surface area contributed by atoms with Crippen LogP contribution < -0.4 is 5.69 Å². The molecular weight excluding hydrogens is 344 g/mol. The molecule has 0 bridgehead atoms. The number of nitrogens with zero attached hydrogens (tertiary/aromatic N) is 3. The minimum Gasteiger partial charge on any atom is -0.384 e. The van der Waals surface area contributed by atoms with Gasteiger partial charge in [0.1, 0.15) is 5.82 Å². The first kappa shape index (κ1) is 18.0. The van der Waals surface area contributed by atoms with Crippen LogP contribution in [-0.2, 0) is 9.53 Å². The van der Waals surface area contributed by atoms with Crippen LogP contribution in [0.5, 0.6) is 0 Å². The zero-order valence-corrected chi connectivity index (χ0v) is 15.7. The Balaban J connectivity index is 1.58. The standard InChI is InChI=1S/C20H26N4O3/c1-27-14-20(10-6-11-20)18(25)23-12-5-7-15(13-23)17-21-22-19(26)24(17)16-8-3-2-4-9-16/h2-4,8-9,15H,5-7,10-14H2,1H3,(H,22,26). The number of aromatic nitrogens is 3. The van der Waals surface area contributed by atoms with Crippen molar-refractivity contribution < 1.29 is 9.53 Å². The molecule has 1 atom stereocenters. The summed E-state index contributed by atoms with van der Waals surface area (Å²) in [6.45, 7) is 1.85. The molecule has 2 aromatic rings. The van der Waals surface area contributed by atoms with Crippen LogP contribution >= 0.6 is 0 Å². The van der Waals surface area contributed by atoms with E-state index in [2.05, 4.69) is 10.2 Å². The third-order valence-corrected chi connectivity index (χ3v) is 5.97. The second-order valence-corrected chi connectivity index (χ2v) is 7.72. The lowest BCUT2D eigenvalue weighted by atomic mass is 9.68. The fourth-order valence-corrected chi connectivity index (χ4v) is 4.42. The Morgan fingerprint density at radius 2 is 2.07 bits per heavy atom. The maximum absolute atomic E-state index is 13.2. The molecule has 1 saturated heterocycles. The Morgan fingerprint density at radius 3 is 2.74 bits per heavy atom. The number of methoxy groups -OCH3 is 1. The highest BCUT2D eigenvalue weighted by atomic mass is 16.5. The highest BCUT2D eigenvalue weighted by molar-refractivity contribution is 5.84. The molecule has 1 unspecified atom stereocenters. The summed E-state index contributed by atoms with van der Waals surface area (Å²) in [5.41, 5.74) is 0.209. The first-order valence-electron chi connectivity index (χ1n) is 9.66. The van der Waals surface area contributed by atoms with Crippen LogP contribution in [0.1, 0.15) is 43.8 Å². The average molecular weight is 370 g/mol. The normalized spacial score (nSPS) is 21.7. The highest BCUT2D eigenvalue weighted by Gasteiger charge is 2.47. The minimum absolute atomic E-state index is 0.0431. The van der Waals surface area contributed by atoms with Crippen LogP contribution in [0, 0.1) is 5.41 Å². The molecule has 144 valence electrons. The summed E-state index contributed by atoms with van der Waals surface area (Å²) < 4.78 is 6.97. The van der Waals surface area contributed by atoms with Crippen molar-refractivity contribution in [3.05, 3.63) is 46.6 Å². The van der Waals surface area contributed by atoms with Gasteiger partial charge >= 0.3 is 5.69 Å². The lowest BCUT2D eigenvalue weighted by Gasteiger charge is -2.45. The lowest BCUT2D eigenvalue weighted by molar-refractivity contribution is -0.153. The molecule has 1 saturated carbocycles. The number of para-hydroxylation sites is 1. The molecule has 1 aromatic carbocycles. The third kappa shape index (κ3) is 3.20. The fourth-order valence-electron chi connectivity index (χ4n) is 4.42. The van der Waals surface area contributed by atoms with Gasteiger partial charge in [-0.25, -0.2) is 14.5 Å². The van der Waals surface area contributed by atoms with Crippen LogP contribution in [-0.4, -0.2) is 52.4 Å². The molecule has 7 nitrogen and oxygen atoms in total. The Hall–Kier alpha value is -2.41. The number of rotatable bonds is 5. The van der Waals surface area contributed by atoms with E-state index in [4.69, 9.17) is 4.74 Å². The minimum atomic E-state index is -0.346. The predicted molar refractivity (Wildman–Crippen MR) is 101 cm³/mol. The van der Waals surface area contributed by atoms with Gasteiger partial charge in [0.05, 0.1) is 17.7 Å². The number of H-pyrrole nitrogens is 1. The Morgan fingerprint density at radius 1 is 1.30 bits per heavy atom. The Labute approximate surface area is 158 Å². The van der Waals surface area contributed by atoms with Crippen LogP contribution in [0.15, 0.2) is 35.1 Å². The van der Waals surface area contributed by atoms with Crippen molar-refractivity contribution >= 4 is 5.91 Å². The molecule has 1 aliphatic heterocycles. The smallest absolute Gasteiger partial charge is 0.347 e. The Bertz CT molecular complexity index is 854. The molecular formula is C20H26N4O3. The number of hydrogen-bond donors (Lipinski definition) is 1. The largest absolute Gasteiger partial charge is 0.384 e. The first-order valence-corrected chi connectivity index (χ1v) is 9.66. The summed E-state index contributed by atoms with van der Waals surface area (Å²) in [5.74, 6) is 0.948. The van der Waals surface area contributed by atoms with Crippen molar-refractivity contribution in [3.8, 4) is 5.69 Å². The predicted octanol–water partition coefficient (Wildman–Crippen LogP) is 2.08. The van der Waals surface area contributed by atoms with Gasteiger partial charge in [-0.2, -0.15) is 5.10 Å². The number of aromatic amines is 1. The summed E-state index contributed by atoms with van der Waals surface area (Å²) >= 11 is 0. The second-order valence-electron chi connectivity index (χ2n) is 7.72. The van der Waals surface area contributed by atoms with E-state index in [0.29, 0.717) is 19.0 Å². The zero-order valence-electron chi connectivity index (χ0n) is 15.7. The number of likely N-dealkylation sites (tertiary alicyclic amines) is 1.